The molecule has 0 bridgehead atoms. The van der Waals surface area contributed by atoms with Crippen molar-refractivity contribution in [3.8, 4) is 5.69 Å². The molecule has 0 N–H and O–H groups in total. The molecule has 1 saturated heterocycles. The fourth-order valence-corrected chi connectivity index (χ4v) is 4.39. The first-order valence-corrected chi connectivity index (χ1v) is 10.5. The quantitative estimate of drug-likeness (QED) is 0.617. The molecule has 0 radical (unpaired) electrons. The minimum absolute atomic E-state index is 0.0375. The Labute approximate surface area is 170 Å². The highest BCUT2D eigenvalue weighted by molar-refractivity contribution is 9.10. The van der Waals surface area contributed by atoms with Gasteiger partial charge in [-0.2, -0.15) is 0 Å². The molecule has 2 aromatic heterocycles. The predicted molar refractivity (Wildman–Crippen MR) is 109 cm³/mol. The summed E-state index contributed by atoms with van der Waals surface area (Å²) in [5, 5.41) is 10.5. The molecule has 0 unspecified atom stereocenters. The number of halogens is 1. The SMILES string of the molecule is Cc1c(C(=O)N2CCN(Cc3cccs3)CC2)nnn1-c1cccc(Br)c1. The number of nitrogens with zero attached hydrogens (tertiary/aromatic N) is 5. The molecule has 1 aliphatic heterocycles. The van der Waals surface area contributed by atoms with E-state index >= 15 is 0 Å². The second-order valence-electron chi connectivity index (χ2n) is 6.56. The van der Waals surface area contributed by atoms with Gasteiger partial charge in [-0.1, -0.05) is 33.3 Å². The normalized spacial score (nSPS) is 15.3. The van der Waals surface area contributed by atoms with Gasteiger partial charge in [0.2, 0.25) is 0 Å². The second-order valence-corrected chi connectivity index (χ2v) is 8.51. The Kier molecular flexibility index (Phi) is 5.38. The number of carbonyl (C=O) groups is 1. The van der Waals surface area contributed by atoms with Gasteiger partial charge in [0.25, 0.3) is 5.91 Å². The molecule has 0 saturated carbocycles. The number of thiophene rings is 1. The number of rotatable bonds is 4. The Hall–Kier alpha value is -2.03. The molecule has 8 heteroatoms. The predicted octanol–water partition coefficient (Wildman–Crippen LogP) is 3.36. The van der Waals surface area contributed by atoms with Crippen LogP contribution in [-0.4, -0.2) is 56.9 Å². The highest BCUT2D eigenvalue weighted by atomic mass is 79.9. The van der Waals surface area contributed by atoms with Gasteiger partial charge in [0.15, 0.2) is 5.69 Å². The molecular formula is C19H20BrN5OS. The maximum atomic E-state index is 12.9. The van der Waals surface area contributed by atoms with Crippen molar-refractivity contribution in [1.29, 1.82) is 0 Å². The Morgan fingerprint density at radius 1 is 1.19 bits per heavy atom. The number of carbonyl (C=O) groups excluding carboxylic acids is 1. The third kappa shape index (κ3) is 3.97. The molecule has 4 rings (SSSR count). The van der Waals surface area contributed by atoms with E-state index in [1.54, 1.807) is 16.0 Å². The van der Waals surface area contributed by atoms with Crippen molar-refractivity contribution in [1.82, 2.24) is 24.8 Å². The van der Waals surface area contributed by atoms with Gasteiger partial charge in [-0.15, -0.1) is 16.4 Å². The average molecular weight is 446 g/mol. The molecule has 3 heterocycles. The zero-order chi connectivity index (χ0) is 18.8. The summed E-state index contributed by atoms with van der Waals surface area (Å²) in [6.07, 6.45) is 0. The molecule has 3 aromatic rings. The summed E-state index contributed by atoms with van der Waals surface area (Å²) >= 11 is 5.25. The van der Waals surface area contributed by atoms with E-state index in [1.165, 1.54) is 4.88 Å². The van der Waals surface area contributed by atoms with Crippen molar-refractivity contribution in [2.24, 2.45) is 0 Å². The van der Waals surface area contributed by atoms with Crippen LogP contribution in [-0.2, 0) is 6.54 Å². The molecule has 1 fully saturated rings. The molecule has 1 aliphatic rings. The van der Waals surface area contributed by atoms with Crippen LogP contribution in [0, 0.1) is 6.92 Å². The first-order valence-electron chi connectivity index (χ1n) is 8.84. The van der Waals surface area contributed by atoms with Gasteiger partial charge in [0.05, 0.1) is 11.4 Å². The third-order valence-corrected chi connectivity index (χ3v) is 6.12. The minimum Gasteiger partial charge on any atom is -0.335 e. The Morgan fingerprint density at radius 2 is 2.00 bits per heavy atom. The zero-order valence-electron chi connectivity index (χ0n) is 15.0. The molecule has 27 heavy (non-hydrogen) atoms. The third-order valence-electron chi connectivity index (χ3n) is 4.77. The van der Waals surface area contributed by atoms with Crippen LogP contribution in [0.25, 0.3) is 5.69 Å². The first kappa shape index (κ1) is 18.3. The number of piperazine rings is 1. The summed E-state index contributed by atoms with van der Waals surface area (Å²) < 4.78 is 2.68. The van der Waals surface area contributed by atoms with Gasteiger partial charge in [0.1, 0.15) is 0 Å². The lowest BCUT2D eigenvalue weighted by molar-refractivity contribution is 0.0623. The smallest absolute Gasteiger partial charge is 0.276 e. The molecule has 0 aliphatic carbocycles. The van der Waals surface area contributed by atoms with Crippen LogP contribution >= 0.6 is 27.3 Å². The van der Waals surface area contributed by atoms with Crippen LogP contribution < -0.4 is 0 Å². The number of hydrogen-bond donors (Lipinski definition) is 0. The lowest BCUT2D eigenvalue weighted by Gasteiger charge is -2.34. The molecule has 1 aromatic carbocycles. The lowest BCUT2D eigenvalue weighted by atomic mass is 10.2. The molecule has 6 nitrogen and oxygen atoms in total. The van der Waals surface area contributed by atoms with Crippen molar-refractivity contribution < 1.29 is 4.79 Å². The summed E-state index contributed by atoms with van der Waals surface area (Å²) in [5.41, 5.74) is 2.08. The largest absolute Gasteiger partial charge is 0.335 e. The number of aromatic nitrogens is 3. The monoisotopic (exact) mass is 445 g/mol. The highest BCUT2D eigenvalue weighted by Gasteiger charge is 2.26. The molecule has 140 valence electrons. The minimum atomic E-state index is -0.0375. The Bertz CT molecular complexity index is 931. The molecule has 0 atom stereocenters. The van der Waals surface area contributed by atoms with E-state index in [0.29, 0.717) is 18.8 Å². The standard InChI is InChI=1S/C19H20BrN5OS/c1-14-18(21-22-25(14)16-5-2-4-15(20)12-16)19(26)24-9-7-23(8-10-24)13-17-6-3-11-27-17/h2-6,11-12H,7-10,13H2,1H3. The van der Waals surface area contributed by atoms with E-state index in [-0.39, 0.29) is 5.91 Å². The summed E-state index contributed by atoms with van der Waals surface area (Å²) in [7, 11) is 0. The topological polar surface area (TPSA) is 54.3 Å². The van der Waals surface area contributed by atoms with Crippen molar-refractivity contribution >= 4 is 33.2 Å². The van der Waals surface area contributed by atoms with Crippen molar-refractivity contribution in [2.45, 2.75) is 13.5 Å². The van der Waals surface area contributed by atoms with E-state index in [9.17, 15) is 4.79 Å². The first-order chi connectivity index (χ1) is 13.1. The van der Waals surface area contributed by atoms with Crippen molar-refractivity contribution in [2.75, 3.05) is 26.2 Å². The fourth-order valence-electron chi connectivity index (χ4n) is 3.26. The fraction of sp³-hybridized carbons (Fsp3) is 0.316. The summed E-state index contributed by atoms with van der Waals surface area (Å²) in [4.78, 5) is 18.6. The molecule has 0 spiro atoms. The van der Waals surface area contributed by atoms with Crippen LogP contribution in [0.3, 0.4) is 0 Å². The average Bonchev–Trinajstić information content (AvgIpc) is 3.31. The van der Waals surface area contributed by atoms with Gasteiger partial charge in [0, 0.05) is 42.1 Å². The van der Waals surface area contributed by atoms with Gasteiger partial charge >= 0.3 is 0 Å². The van der Waals surface area contributed by atoms with Crippen molar-refractivity contribution in [3.63, 3.8) is 0 Å². The summed E-state index contributed by atoms with van der Waals surface area (Å²) in [5.74, 6) is -0.0375. The maximum Gasteiger partial charge on any atom is 0.276 e. The summed E-state index contributed by atoms with van der Waals surface area (Å²) in [6, 6.07) is 12.0. The zero-order valence-corrected chi connectivity index (χ0v) is 17.4. The number of benzene rings is 1. The molecule has 1 amide bonds. The van der Waals surface area contributed by atoms with E-state index in [1.807, 2.05) is 36.1 Å². The second kappa shape index (κ2) is 7.92. The van der Waals surface area contributed by atoms with Crippen LogP contribution in [0.2, 0.25) is 0 Å². The number of hydrogen-bond acceptors (Lipinski definition) is 5. The highest BCUT2D eigenvalue weighted by Crippen LogP contribution is 2.19. The van der Waals surface area contributed by atoms with Gasteiger partial charge < -0.3 is 4.90 Å². The van der Waals surface area contributed by atoms with E-state index in [0.717, 1.165) is 35.5 Å². The molecular weight excluding hydrogens is 426 g/mol. The van der Waals surface area contributed by atoms with Gasteiger partial charge in [-0.3, -0.25) is 9.69 Å². The Morgan fingerprint density at radius 3 is 2.70 bits per heavy atom. The van der Waals surface area contributed by atoms with Crippen LogP contribution in [0.1, 0.15) is 21.1 Å². The van der Waals surface area contributed by atoms with E-state index in [2.05, 4.69) is 48.7 Å². The number of amides is 1. The van der Waals surface area contributed by atoms with Crippen LogP contribution in [0.4, 0.5) is 0 Å². The van der Waals surface area contributed by atoms with Crippen molar-refractivity contribution in [3.05, 3.63) is 62.5 Å². The van der Waals surface area contributed by atoms with E-state index in [4.69, 9.17) is 0 Å². The van der Waals surface area contributed by atoms with Crippen LogP contribution in [0.5, 0.6) is 0 Å². The van der Waals surface area contributed by atoms with E-state index < -0.39 is 0 Å². The van der Waals surface area contributed by atoms with Gasteiger partial charge in [-0.05, 0) is 36.6 Å². The Balaban J connectivity index is 1.43. The lowest BCUT2D eigenvalue weighted by Crippen LogP contribution is -2.48. The maximum absolute atomic E-state index is 12.9. The summed E-state index contributed by atoms with van der Waals surface area (Å²) in [6.45, 7) is 6.03. The van der Waals surface area contributed by atoms with Gasteiger partial charge in [-0.25, -0.2) is 4.68 Å². The van der Waals surface area contributed by atoms with Crippen LogP contribution in [0.15, 0.2) is 46.3 Å².